The van der Waals surface area contributed by atoms with E-state index in [1.807, 2.05) is 18.2 Å². The highest BCUT2D eigenvalue weighted by molar-refractivity contribution is 7.91. The van der Waals surface area contributed by atoms with Crippen LogP contribution in [0.15, 0.2) is 34.7 Å². The van der Waals surface area contributed by atoms with Crippen molar-refractivity contribution in [1.29, 1.82) is 0 Å². The molecule has 4 saturated carbocycles. The second kappa shape index (κ2) is 5.66. The van der Waals surface area contributed by atoms with E-state index < -0.39 is 14.6 Å². The Labute approximate surface area is 182 Å². The van der Waals surface area contributed by atoms with Crippen LogP contribution in [0.3, 0.4) is 0 Å². The Morgan fingerprint density at radius 1 is 1.20 bits per heavy atom. The highest BCUT2D eigenvalue weighted by Gasteiger charge is 2.70. The molecule has 4 aliphatic rings. The lowest BCUT2D eigenvalue weighted by Crippen LogP contribution is -2.76. The zero-order chi connectivity index (χ0) is 20.9. The van der Waals surface area contributed by atoms with Crippen molar-refractivity contribution in [3.8, 4) is 0 Å². The van der Waals surface area contributed by atoms with Crippen LogP contribution in [0, 0.1) is 0 Å². The van der Waals surface area contributed by atoms with E-state index in [0.717, 1.165) is 34.5 Å². The number of carbonyl (C=O) groups excluding carboxylic acids is 1. The largest absolute Gasteiger partial charge is 0.454 e. The number of thiazole rings is 1. The van der Waals surface area contributed by atoms with Gasteiger partial charge in [0.2, 0.25) is 0 Å². The monoisotopic (exact) mass is 462 g/mol. The van der Waals surface area contributed by atoms with Gasteiger partial charge in [0.1, 0.15) is 15.5 Å². The second-order valence-corrected chi connectivity index (χ2v) is 12.9. The first-order valence-corrected chi connectivity index (χ1v) is 12.9. The van der Waals surface area contributed by atoms with Crippen molar-refractivity contribution in [1.82, 2.24) is 10.3 Å². The summed E-state index contributed by atoms with van der Waals surface area (Å²) in [5.74, 6) is 0.264. The minimum atomic E-state index is -3.27. The average Bonchev–Trinajstić information content (AvgIpc) is 3.11. The van der Waals surface area contributed by atoms with Crippen molar-refractivity contribution in [2.45, 2.75) is 47.8 Å². The number of furan rings is 1. The molecule has 0 atom stereocenters. The van der Waals surface area contributed by atoms with Crippen LogP contribution in [0.2, 0.25) is 5.02 Å². The fourth-order valence-corrected chi connectivity index (χ4v) is 7.94. The molecule has 3 aromatic rings. The van der Waals surface area contributed by atoms with Gasteiger partial charge in [-0.25, -0.2) is 13.4 Å². The Kier molecular flexibility index (Phi) is 3.56. The molecule has 2 heterocycles. The van der Waals surface area contributed by atoms with E-state index in [4.69, 9.17) is 21.0 Å². The molecule has 1 amide bonds. The highest BCUT2D eigenvalue weighted by Crippen LogP contribution is 2.68. The van der Waals surface area contributed by atoms with Crippen LogP contribution in [-0.4, -0.2) is 31.1 Å². The third-order valence-corrected chi connectivity index (χ3v) is 10.4. The fraction of sp³-hybridized carbons (Fsp3) is 0.429. The SMILES string of the molecule is CS(=O)(=O)C1(c2ccc(C(=O)NC34CC(c5nc6ccc(Cl)cc6s5)(C3)C4)o2)CC1. The number of hydrogen-bond acceptors (Lipinski definition) is 6. The molecule has 9 heteroatoms. The molecule has 0 spiro atoms. The number of carbonyl (C=O) groups is 1. The maximum absolute atomic E-state index is 12.7. The maximum atomic E-state index is 12.7. The topological polar surface area (TPSA) is 89.3 Å². The number of rotatable bonds is 5. The smallest absolute Gasteiger partial charge is 0.287 e. The molecular formula is C21H19ClN2O4S2. The number of amides is 1. The third-order valence-electron chi connectivity index (χ3n) is 6.91. The van der Waals surface area contributed by atoms with Crippen LogP contribution < -0.4 is 5.32 Å². The first-order chi connectivity index (χ1) is 14.1. The number of fused-ring (bicyclic) bond motifs is 1. The van der Waals surface area contributed by atoms with Gasteiger partial charge in [-0.1, -0.05) is 11.6 Å². The molecule has 0 aliphatic heterocycles. The molecule has 156 valence electrons. The fourth-order valence-electron chi connectivity index (χ4n) is 5.19. The van der Waals surface area contributed by atoms with Crippen LogP contribution in [0.4, 0.5) is 0 Å². The number of halogens is 1. The second-order valence-electron chi connectivity index (χ2n) is 9.11. The molecule has 0 saturated heterocycles. The number of nitrogens with zero attached hydrogens (tertiary/aromatic N) is 1. The standard InChI is InChI=1S/C21H19ClN2O4S2/c1-30(26,27)21(6-7-21)16-5-4-14(28-16)17(25)24-20-9-19(10-20,11-20)18-23-13-3-2-12(22)8-15(13)29-18/h2-5,8H,6-7,9-11H2,1H3,(H,24,25). The number of aromatic nitrogens is 1. The summed E-state index contributed by atoms with van der Waals surface area (Å²) < 4.78 is 30.0. The van der Waals surface area contributed by atoms with E-state index in [1.165, 1.54) is 6.26 Å². The van der Waals surface area contributed by atoms with Crippen molar-refractivity contribution in [3.05, 3.63) is 51.9 Å². The minimum Gasteiger partial charge on any atom is -0.454 e. The highest BCUT2D eigenvalue weighted by atomic mass is 35.5. The molecule has 1 N–H and O–H groups in total. The van der Waals surface area contributed by atoms with Crippen LogP contribution in [0.1, 0.15) is 53.4 Å². The molecule has 0 radical (unpaired) electrons. The summed E-state index contributed by atoms with van der Waals surface area (Å²) in [5.41, 5.74) is 0.796. The van der Waals surface area contributed by atoms with Crippen LogP contribution >= 0.6 is 22.9 Å². The summed E-state index contributed by atoms with van der Waals surface area (Å²) in [7, 11) is -3.27. The number of sulfone groups is 1. The molecule has 6 nitrogen and oxygen atoms in total. The molecule has 4 aliphatic carbocycles. The quantitative estimate of drug-likeness (QED) is 0.614. The molecule has 30 heavy (non-hydrogen) atoms. The van der Waals surface area contributed by atoms with E-state index in [-0.39, 0.29) is 22.6 Å². The van der Waals surface area contributed by atoms with Gasteiger partial charge in [-0.15, -0.1) is 11.3 Å². The van der Waals surface area contributed by atoms with Crippen molar-refractivity contribution < 1.29 is 17.6 Å². The summed E-state index contributed by atoms with van der Waals surface area (Å²) >= 11 is 7.76. The summed E-state index contributed by atoms with van der Waals surface area (Å²) in [6.45, 7) is 0. The Morgan fingerprint density at radius 3 is 2.60 bits per heavy atom. The first-order valence-electron chi connectivity index (χ1n) is 9.83. The summed E-state index contributed by atoms with van der Waals surface area (Å²) in [6.07, 6.45) is 4.89. The van der Waals surface area contributed by atoms with Crippen molar-refractivity contribution in [3.63, 3.8) is 0 Å². The predicted octanol–water partition coefficient (Wildman–Crippen LogP) is 4.18. The van der Waals surface area contributed by atoms with Gasteiger partial charge in [-0.2, -0.15) is 0 Å². The number of hydrogen-bond donors (Lipinski definition) is 1. The van der Waals surface area contributed by atoms with Gasteiger partial charge >= 0.3 is 0 Å². The molecule has 2 bridgehead atoms. The summed E-state index contributed by atoms with van der Waals surface area (Å²) in [5, 5.41) is 4.93. The van der Waals surface area contributed by atoms with Crippen LogP contribution in [0.25, 0.3) is 10.2 Å². The van der Waals surface area contributed by atoms with E-state index in [2.05, 4.69) is 5.32 Å². The molecule has 1 aromatic carbocycles. The zero-order valence-electron chi connectivity index (χ0n) is 16.2. The van der Waals surface area contributed by atoms with Gasteiger partial charge in [0.25, 0.3) is 5.91 Å². The third kappa shape index (κ3) is 2.50. The summed E-state index contributed by atoms with van der Waals surface area (Å²) in [6, 6.07) is 8.94. The lowest BCUT2D eigenvalue weighted by atomic mass is 9.39. The van der Waals surface area contributed by atoms with E-state index in [0.29, 0.717) is 23.6 Å². The predicted molar refractivity (Wildman–Crippen MR) is 115 cm³/mol. The molecule has 4 fully saturated rings. The lowest BCUT2D eigenvalue weighted by Gasteiger charge is -2.69. The Balaban J connectivity index is 1.16. The van der Waals surface area contributed by atoms with Crippen molar-refractivity contribution in [2.24, 2.45) is 0 Å². The molecule has 2 aromatic heterocycles. The number of nitrogens with one attached hydrogen (secondary N) is 1. The average molecular weight is 463 g/mol. The lowest BCUT2D eigenvalue weighted by molar-refractivity contribution is -0.0811. The summed E-state index contributed by atoms with van der Waals surface area (Å²) in [4.78, 5) is 17.5. The Bertz CT molecular complexity index is 1320. The van der Waals surface area contributed by atoms with Gasteiger partial charge in [0.05, 0.1) is 10.2 Å². The molecular weight excluding hydrogens is 444 g/mol. The van der Waals surface area contributed by atoms with E-state index in [9.17, 15) is 13.2 Å². The minimum absolute atomic E-state index is 0.0477. The normalized spacial score (nSPS) is 28.6. The molecule has 7 rings (SSSR count). The first kappa shape index (κ1) is 18.8. The van der Waals surface area contributed by atoms with Crippen molar-refractivity contribution in [2.75, 3.05) is 6.26 Å². The van der Waals surface area contributed by atoms with Crippen LogP contribution in [-0.2, 0) is 20.0 Å². The van der Waals surface area contributed by atoms with Crippen molar-refractivity contribution >= 4 is 48.9 Å². The zero-order valence-corrected chi connectivity index (χ0v) is 18.6. The van der Waals surface area contributed by atoms with Gasteiger partial charge < -0.3 is 9.73 Å². The van der Waals surface area contributed by atoms with Gasteiger partial charge in [-0.3, -0.25) is 4.79 Å². The van der Waals surface area contributed by atoms with Gasteiger partial charge in [-0.05, 0) is 62.4 Å². The van der Waals surface area contributed by atoms with Gasteiger partial charge in [0, 0.05) is 22.2 Å². The Hall–Kier alpha value is -1.90. The van der Waals surface area contributed by atoms with E-state index in [1.54, 1.807) is 23.5 Å². The van der Waals surface area contributed by atoms with Gasteiger partial charge in [0.15, 0.2) is 15.6 Å². The van der Waals surface area contributed by atoms with Crippen LogP contribution in [0.5, 0.6) is 0 Å². The molecule has 0 unspecified atom stereocenters. The number of benzene rings is 1. The Morgan fingerprint density at radius 2 is 1.93 bits per heavy atom. The maximum Gasteiger partial charge on any atom is 0.287 e. The van der Waals surface area contributed by atoms with E-state index >= 15 is 0 Å².